The summed E-state index contributed by atoms with van der Waals surface area (Å²) in [5.74, 6) is 0.862. The van der Waals surface area contributed by atoms with Gasteiger partial charge in [0.25, 0.3) is 0 Å². The summed E-state index contributed by atoms with van der Waals surface area (Å²) in [6, 6.07) is 7.75. The molecule has 1 unspecified atom stereocenters. The number of nitrogens with zero attached hydrogens (tertiary/aromatic N) is 1. The van der Waals surface area contributed by atoms with E-state index < -0.39 is 6.10 Å². The van der Waals surface area contributed by atoms with Gasteiger partial charge in [0, 0.05) is 19.6 Å². The van der Waals surface area contributed by atoms with Crippen LogP contribution in [0, 0.1) is 0 Å². The van der Waals surface area contributed by atoms with Gasteiger partial charge >= 0.3 is 0 Å². The molecule has 1 heterocycles. The van der Waals surface area contributed by atoms with Crippen LogP contribution < -0.4 is 4.74 Å². The molecular weight excluding hydrogens is 266 g/mol. The molecule has 2 rings (SSSR count). The first-order valence-electron chi connectivity index (χ1n) is 7.87. The Kier molecular flexibility index (Phi) is 6.03. The third-order valence-corrected chi connectivity index (χ3v) is 3.66. The molecule has 0 bridgehead atoms. The second-order valence-corrected chi connectivity index (χ2v) is 5.91. The van der Waals surface area contributed by atoms with E-state index in [1.165, 1.54) is 0 Å². The number of rotatable bonds is 6. The molecule has 1 aromatic rings. The van der Waals surface area contributed by atoms with E-state index in [-0.39, 0.29) is 12.2 Å². The molecule has 21 heavy (non-hydrogen) atoms. The van der Waals surface area contributed by atoms with Crippen LogP contribution in [0.5, 0.6) is 5.75 Å². The van der Waals surface area contributed by atoms with Gasteiger partial charge in [0.1, 0.15) is 5.75 Å². The van der Waals surface area contributed by atoms with Crippen molar-refractivity contribution in [1.82, 2.24) is 4.90 Å². The van der Waals surface area contributed by atoms with Crippen LogP contribution in [-0.4, -0.2) is 48.5 Å². The van der Waals surface area contributed by atoms with E-state index in [4.69, 9.17) is 9.47 Å². The molecule has 3 atom stereocenters. The van der Waals surface area contributed by atoms with Crippen molar-refractivity contribution in [3.05, 3.63) is 29.8 Å². The Morgan fingerprint density at radius 3 is 2.43 bits per heavy atom. The lowest BCUT2D eigenvalue weighted by molar-refractivity contribution is -0.0767. The van der Waals surface area contributed by atoms with Gasteiger partial charge in [-0.3, -0.25) is 4.90 Å². The number of morpholine rings is 1. The van der Waals surface area contributed by atoms with E-state index in [9.17, 15) is 5.11 Å². The number of hydrogen-bond acceptors (Lipinski definition) is 4. The monoisotopic (exact) mass is 293 g/mol. The SMILES string of the molecule is CCCOc1ccc(C(O)CN2C[C@@H](C)O[C@@H](C)C2)cc1. The van der Waals surface area contributed by atoms with Crippen molar-refractivity contribution in [3.8, 4) is 5.75 Å². The molecule has 1 saturated heterocycles. The summed E-state index contributed by atoms with van der Waals surface area (Å²) < 4.78 is 11.3. The lowest BCUT2D eigenvalue weighted by Crippen LogP contribution is -2.46. The van der Waals surface area contributed by atoms with Gasteiger partial charge in [-0.05, 0) is 38.0 Å². The van der Waals surface area contributed by atoms with Crippen LogP contribution in [0.15, 0.2) is 24.3 Å². The summed E-state index contributed by atoms with van der Waals surface area (Å²) in [5, 5.41) is 10.4. The molecule has 4 heteroatoms. The zero-order chi connectivity index (χ0) is 15.2. The number of benzene rings is 1. The Labute approximate surface area is 127 Å². The first kappa shape index (κ1) is 16.3. The van der Waals surface area contributed by atoms with Gasteiger partial charge in [0.15, 0.2) is 0 Å². The first-order chi connectivity index (χ1) is 10.1. The molecule has 0 amide bonds. The van der Waals surface area contributed by atoms with Crippen molar-refractivity contribution in [3.63, 3.8) is 0 Å². The normalized spacial score (nSPS) is 24.8. The molecule has 1 aromatic carbocycles. The largest absolute Gasteiger partial charge is 0.494 e. The second-order valence-electron chi connectivity index (χ2n) is 5.91. The molecule has 0 aromatic heterocycles. The Balaban J connectivity index is 1.89. The zero-order valence-corrected chi connectivity index (χ0v) is 13.3. The lowest BCUT2D eigenvalue weighted by atomic mass is 10.1. The second kappa shape index (κ2) is 7.78. The van der Waals surface area contributed by atoms with Gasteiger partial charge in [-0.25, -0.2) is 0 Å². The van der Waals surface area contributed by atoms with Gasteiger partial charge in [0.2, 0.25) is 0 Å². The summed E-state index contributed by atoms with van der Waals surface area (Å²) in [5.41, 5.74) is 0.936. The molecular formula is C17H27NO3. The Morgan fingerprint density at radius 1 is 1.24 bits per heavy atom. The van der Waals surface area contributed by atoms with Crippen LogP contribution >= 0.6 is 0 Å². The van der Waals surface area contributed by atoms with Gasteiger partial charge in [-0.1, -0.05) is 19.1 Å². The van der Waals surface area contributed by atoms with Crippen molar-refractivity contribution >= 4 is 0 Å². The summed E-state index contributed by atoms with van der Waals surface area (Å²) in [7, 11) is 0. The van der Waals surface area contributed by atoms with Crippen molar-refractivity contribution in [2.75, 3.05) is 26.2 Å². The third kappa shape index (κ3) is 4.99. The van der Waals surface area contributed by atoms with Crippen LogP contribution in [-0.2, 0) is 4.74 Å². The quantitative estimate of drug-likeness (QED) is 0.875. The van der Waals surface area contributed by atoms with E-state index in [1.54, 1.807) is 0 Å². The zero-order valence-electron chi connectivity index (χ0n) is 13.3. The number of hydrogen-bond donors (Lipinski definition) is 1. The molecule has 1 aliphatic heterocycles. The van der Waals surface area contributed by atoms with Crippen molar-refractivity contribution in [2.24, 2.45) is 0 Å². The highest BCUT2D eigenvalue weighted by molar-refractivity contribution is 5.28. The highest BCUT2D eigenvalue weighted by Gasteiger charge is 2.24. The van der Waals surface area contributed by atoms with Gasteiger partial charge in [-0.2, -0.15) is 0 Å². The van der Waals surface area contributed by atoms with Crippen LogP contribution in [0.4, 0.5) is 0 Å². The molecule has 1 fully saturated rings. The minimum Gasteiger partial charge on any atom is -0.494 e. The standard InChI is InChI=1S/C17H27NO3/c1-4-9-20-16-7-5-15(6-8-16)17(19)12-18-10-13(2)21-14(3)11-18/h5-8,13-14,17,19H,4,9-12H2,1-3H3/t13-,14+,17?. The topological polar surface area (TPSA) is 41.9 Å². The van der Waals surface area contributed by atoms with Crippen LogP contribution in [0.3, 0.4) is 0 Å². The fourth-order valence-corrected chi connectivity index (χ4v) is 2.79. The number of aliphatic hydroxyl groups excluding tert-OH is 1. The van der Waals surface area contributed by atoms with E-state index >= 15 is 0 Å². The van der Waals surface area contributed by atoms with Crippen LogP contribution in [0.1, 0.15) is 38.9 Å². The summed E-state index contributed by atoms with van der Waals surface area (Å²) in [6.07, 6.45) is 0.983. The fraction of sp³-hybridized carbons (Fsp3) is 0.647. The van der Waals surface area contributed by atoms with E-state index in [0.717, 1.165) is 37.4 Å². The number of ether oxygens (including phenoxy) is 2. The van der Waals surface area contributed by atoms with Gasteiger partial charge in [-0.15, -0.1) is 0 Å². The molecule has 0 aliphatic carbocycles. The van der Waals surface area contributed by atoms with E-state index in [2.05, 4.69) is 25.7 Å². The lowest BCUT2D eigenvalue weighted by Gasteiger charge is -2.36. The van der Waals surface area contributed by atoms with E-state index in [1.807, 2.05) is 24.3 Å². The summed E-state index contributed by atoms with van der Waals surface area (Å²) in [6.45, 7) is 9.36. The maximum atomic E-state index is 10.4. The Morgan fingerprint density at radius 2 is 1.86 bits per heavy atom. The summed E-state index contributed by atoms with van der Waals surface area (Å²) in [4.78, 5) is 2.27. The minimum absolute atomic E-state index is 0.228. The molecule has 0 spiro atoms. The Bertz CT molecular complexity index is 411. The minimum atomic E-state index is -0.470. The average Bonchev–Trinajstić information content (AvgIpc) is 2.44. The average molecular weight is 293 g/mol. The van der Waals surface area contributed by atoms with E-state index in [0.29, 0.717) is 6.54 Å². The third-order valence-electron chi connectivity index (χ3n) is 3.66. The maximum Gasteiger partial charge on any atom is 0.119 e. The predicted molar refractivity (Wildman–Crippen MR) is 83.6 cm³/mol. The van der Waals surface area contributed by atoms with Crippen molar-refractivity contribution < 1.29 is 14.6 Å². The summed E-state index contributed by atoms with van der Waals surface area (Å²) >= 11 is 0. The first-order valence-corrected chi connectivity index (χ1v) is 7.87. The molecule has 1 aliphatic rings. The highest BCUT2D eigenvalue weighted by Crippen LogP contribution is 2.20. The smallest absolute Gasteiger partial charge is 0.119 e. The van der Waals surface area contributed by atoms with Gasteiger partial charge < -0.3 is 14.6 Å². The Hall–Kier alpha value is -1.10. The highest BCUT2D eigenvalue weighted by atomic mass is 16.5. The number of β-amino-alcohol motifs (C(OH)–C–C–N with tert-alkyl or cyclic N) is 1. The number of aliphatic hydroxyl groups is 1. The molecule has 1 N–H and O–H groups in total. The van der Waals surface area contributed by atoms with Gasteiger partial charge in [0.05, 0.1) is 24.9 Å². The van der Waals surface area contributed by atoms with Crippen LogP contribution in [0.2, 0.25) is 0 Å². The maximum absolute atomic E-state index is 10.4. The predicted octanol–water partition coefficient (Wildman–Crippen LogP) is 2.62. The fourth-order valence-electron chi connectivity index (χ4n) is 2.79. The van der Waals surface area contributed by atoms with Crippen molar-refractivity contribution in [1.29, 1.82) is 0 Å². The molecule has 118 valence electrons. The molecule has 4 nitrogen and oxygen atoms in total. The van der Waals surface area contributed by atoms with Crippen LogP contribution in [0.25, 0.3) is 0 Å². The van der Waals surface area contributed by atoms with Crippen molar-refractivity contribution in [2.45, 2.75) is 45.5 Å². The molecule has 0 radical (unpaired) electrons. The molecule has 0 saturated carbocycles.